The Morgan fingerprint density at radius 1 is 0.600 bits per heavy atom. The Morgan fingerprint density at radius 3 is 1.08 bits per heavy atom. The predicted octanol–water partition coefficient (Wildman–Crippen LogP) is -0.904. The van der Waals surface area contributed by atoms with Gasteiger partial charge in [0, 0.05) is 12.1 Å². The van der Waals surface area contributed by atoms with Crippen LogP contribution in [0.3, 0.4) is 0 Å². The summed E-state index contributed by atoms with van der Waals surface area (Å²) in [7, 11) is 0. The number of aliphatic carboxylic acids is 4. The lowest BCUT2D eigenvalue weighted by atomic mass is 9.89. The monoisotopic (exact) mass is 358 g/mol. The van der Waals surface area contributed by atoms with Gasteiger partial charge in [-0.05, 0) is 31.1 Å². The Balaban J connectivity index is 2.06. The van der Waals surface area contributed by atoms with Crippen LogP contribution in [0, 0.1) is 11.8 Å². The average Bonchev–Trinajstić information content (AvgIpc) is 3.03. The second-order valence-electron chi connectivity index (χ2n) is 6.75. The lowest BCUT2D eigenvalue weighted by molar-refractivity contribution is -0.146. The zero-order valence-corrected chi connectivity index (χ0v) is 13.6. The molecule has 10 nitrogen and oxygen atoms in total. The molecule has 0 amide bonds. The molecule has 2 aliphatic carbocycles. The minimum Gasteiger partial charge on any atom is -0.480 e. The van der Waals surface area contributed by atoms with Crippen molar-refractivity contribution >= 4 is 23.9 Å². The van der Waals surface area contributed by atoms with E-state index in [1.807, 2.05) is 0 Å². The normalized spacial score (nSPS) is 27.8. The van der Waals surface area contributed by atoms with Crippen molar-refractivity contribution in [2.24, 2.45) is 11.8 Å². The largest absolute Gasteiger partial charge is 0.480 e. The molecule has 4 atom stereocenters. The molecule has 2 fully saturated rings. The van der Waals surface area contributed by atoms with Crippen LogP contribution >= 0.6 is 0 Å². The van der Waals surface area contributed by atoms with E-state index in [2.05, 4.69) is 0 Å². The number of hydrogen-bond donors (Lipinski definition) is 4. The quantitative estimate of drug-likeness (QED) is 0.386. The van der Waals surface area contributed by atoms with Crippen LogP contribution in [0.15, 0.2) is 0 Å². The van der Waals surface area contributed by atoms with Crippen molar-refractivity contribution in [3.05, 3.63) is 0 Å². The average molecular weight is 358 g/mol. The molecule has 4 N–H and O–H groups in total. The summed E-state index contributed by atoms with van der Waals surface area (Å²) >= 11 is 0. The third-order valence-electron chi connectivity index (χ3n) is 5.07. The number of carbonyl (C=O) groups is 4. The van der Waals surface area contributed by atoms with E-state index in [-0.39, 0.29) is 50.1 Å². The summed E-state index contributed by atoms with van der Waals surface area (Å²) in [4.78, 5) is 46.9. The maximum atomic E-state index is 11.0. The molecule has 0 spiro atoms. The van der Waals surface area contributed by atoms with Crippen molar-refractivity contribution < 1.29 is 39.6 Å². The molecular formula is C15H22N2O8. The molecule has 2 aliphatic rings. The predicted molar refractivity (Wildman–Crippen MR) is 82.1 cm³/mol. The minimum absolute atomic E-state index is 0.0405. The van der Waals surface area contributed by atoms with Gasteiger partial charge in [-0.15, -0.1) is 0 Å². The zero-order valence-electron chi connectivity index (χ0n) is 13.6. The first-order chi connectivity index (χ1) is 11.7. The highest BCUT2D eigenvalue weighted by Gasteiger charge is 2.50. The number of nitrogens with zero attached hydrogens (tertiary/aromatic N) is 2. The van der Waals surface area contributed by atoms with Gasteiger partial charge in [-0.3, -0.25) is 29.0 Å². The fourth-order valence-corrected chi connectivity index (χ4v) is 4.39. The van der Waals surface area contributed by atoms with Gasteiger partial charge >= 0.3 is 23.9 Å². The smallest absolute Gasteiger partial charge is 0.317 e. The number of carboxylic acids is 4. The van der Waals surface area contributed by atoms with E-state index >= 15 is 0 Å². The van der Waals surface area contributed by atoms with Crippen molar-refractivity contribution in [1.29, 1.82) is 0 Å². The third-order valence-corrected chi connectivity index (χ3v) is 5.07. The third kappa shape index (κ3) is 4.89. The summed E-state index contributed by atoms with van der Waals surface area (Å²) in [6.07, 6.45) is 1.82. The summed E-state index contributed by atoms with van der Waals surface area (Å²) in [6.45, 7) is -1.45. The number of hydrogen-bond acceptors (Lipinski definition) is 6. The van der Waals surface area contributed by atoms with Gasteiger partial charge in [0.1, 0.15) is 0 Å². The van der Waals surface area contributed by atoms with Gasteiger partial charge in [0.05, 0.1) is 26.2 Å². The van der Waals surface area contributed by atoms with E-state index in [1.165, 1.54) is 9.80 Å². The maximum absolute atomic E-state index is 11.0. The van der Waals surface area contributed by atoms with Crippen molar-refractivity contribution in [3.8, 4) is 0 Å². The van der Waals surface area contributed by atoms with E-state index in [0.29, 0.717) is 12.8 Å². The molecule has 25 heavy (non-hydrogen) atoms. The molecule has 0 saturated heterocycles. The van der Waals surface area contributed by atoms with E-state index < -0.39 is 23.9 Å². The van der Waals surface area contributed by atoms with Gasteiger partial charge in [-0.2, -0.15) is 0 Å². The first kappa shape index (κ1) is 19.1. The van der Waals surface area contributed by atoms with Gasteiger partial charge in [0.25, 0.3) is 0 Å². The zero-order chi connectivity index (χ0) is 18.7. The van der Waals surface area contributed by atoms with Crippen LogP contribution in [-0.4, -0.2) is 92.4 Å². The lowest BCUT2D eigenvalue weighted by Gasteiger charge is -2.38. The SMILES string of the molecule is O=C(O)CN(CC(=O)O)[C@@H]1CC2CC1C[C@H]2N(CC(=O)O)CC(=O)O. The van der Waals surface area contributed by atoms with E-state index in [1.54, 1.807) is 0 Å². The van der Waals surface area contributed by atoms with Crippen molar-refractivity contribution in [3.63, 3.8) is 0 Å². The van der Waals surface area contributed by atoms with Gasteiger partial charge < -0.3 is 20.4 Å². The molecule has 10 heteroatoms. The molecule has 0 aromatic heterocycles. The molecule has 0 radical (unpaired) electrons. The Labute approximate surface area is 143 Å². The molecule has 0 aliphatic heterocycles. The summed E-state index contributed by atoms with van der Waals surface area (Å²) in [6, 6.07) is -0.380. The first-order valence-corrected chi connectivity index (χ1v) is 8.02. The van der Waals surface area contributed by atoms with Crippen molar-refractivity contribution in [2.45, 2.75) is 31.3 Å². The minimum atomic E-state index is -1.10. The van der Waals surface area contributed by atoms with Crippen LogP contribution in [-0.2, 0) is 19.2 Å². The Bertz CT molecular complexity index is 486. The van der Waals surface area contributed by atoms with Crippen LogP contribution in [0.2, 0.25) is 0 Å². The highest BCUT2D eigenvalue weighted by atomic mass is 16.4. The van der Waals surface area contributed by atoms with Crippen LogP contribution < -0.4 is 0 Å². The molecule has 2 bridgehead atoms. The Hall–Kier alpha value is -2.20. The molecular weight excluding hydrogens is 336 g/mol. The Morgan fingerprint density at radius 2 is 0.880 bits per heavy atom. The molecule has 140 valence electrons. The second-order valence-corrected chi connectivity index (χ2v) is 6.75. The maximum Gasteiger partial charge on any atom is 0.317 e. The molecule has 0 aromatic rings. The van der Waals surface area contributed by atoms with Crippen LogP contribution in [0.4, 0.5) is 0 Å². The lowest BCUT2D eigenvalue weighted by Crippen LogP contribution is -2.50. The summed E-state index contributed by atoms with van der Waals surface area (Å²) in [5.74, 6) is -4.31. The van der Waals surface area contributed by atoms with E-state index in [4.69, 9.17) is 20.4 Å². The summed E-state index contributed by atoms with van der Waals surface area (Å²) in [5, 5.41) is 36.0. The molecule has 0 aromatic carbocycles. The van der Waals surface area contributed by atoms with Crippen LogP contribution in [0.5, 0.6) is 0 Å². The highest BCUT2D eigenvalue weighted by Crippen LogP contribution is 2.48. The first-order valence-electron chi connectivity index (χ1n) is 8.02. The number of rotatable bonds is 10. The standard InChI is InChI=1S/C15H22N2O8/c18-12(19)4-16(5-13(20)21)10-2-8-1-9(10)3-11(8)17(6-14(22)23)7-15(24)25/h8-11H,1-7H2,(H,18,19)(H,20,21)(H,22,23)(H,24,25)/t8?,9?,10-,11-/m1/s1. The van der Waals surface area contributed by atoms with Crippen molar-refractivity contribution in [2.75, 3.05) is 26.2 Å². The fraction of sp³-hybridized carbons (Fsp3) is 0.733. The topological polar surface area (TPSA) is 156 Å². The van der Waals surface area contributed by atoms with Crippen LogP contribution in [0.1, 0.15) is 19.3 Å². The Kier molecular flexibility index (Phi) is 5.96. The molecule has 2 saturated carbocycles. The number of fused-ring (bicyclic) bond motifs is 2. The fourth-order valence-electron chi connectivity index (χ4n) is 4.39. The second kappa shape index (κ2) is 7.79. The molecule has 2 unspecified atom stereocenters. The van der Waals surface area contributed by atoms with Gasteiger partial charge in [0.2, 0.25) is 0 Å². The van der Waals surface area contributed by atoms with Crippen molar-refractivity contribution in [1.82, 2.24) is 9.80 Å². The van der Waals surface area contributed by atoms with E-state index in [0.717, 1.165) is 6.42 Å². The summed E-state index contributed by atoms with van der Waals surface area (Å²) < 4.78 is 0. The van der Waals surface area contributed by atoms with E-state index in [9.17, 15) is 19.2 Å². The molecule has 2 rings (SSSR count). The highest BCUT2D eigenvalue weighted by molar-refractivity contribution is 5.73. The van der Waals surface area contributed by atoms with Gasteiger partial charge in [-0.1, -0.05) is 0 Å². The van der Waals surface area contributed by atoms with Gasteiger partial charge in [0.15, 0.2) is 0 Å². The summed E-state index contributed by atoms with van der Waals surface area (Å²) in [5.41, 5.74) is 0. The molecule has 0 heterocycles. The van der Waals surface area contributed by atoms with Crippen LogP contribution in [0.25, 0.3) is 0 Å². The number of carboxylic acid groups (broad SMARTS) is 4. The van der Waals surface area contributed by atoms with Gasteiger partial charge in [-0.25, -0.2) is 0 Å².